The zero-order valence-electron chi connectivity index (χ0n) is 20.0. The highest BCUT2D eigenvalue weighted by molar-refractivity contribution is 5.88. The lowest BCUT2D eigenvalue weighted by Gasteiger charge is -2.14. The van der Waals surface area contributed by atoms with Crippen molar-refractivity contribution in [2.45, 2.75) is 25.9 Å². The molecule has 0 aliphatic carbocycles. The number of hydrogen-bond donors (Lipinski definition) is 1. The number of ether oxygens (including phenoxy) is 1. The highest BCUT2D eigenvalue weighted by Gasteiger charge is 2.20. The minimum absolute atomic E-state index is 0.0236. The number of likely N-dealkylation sites (tertiary alicyclic amines) is 1. The Kier molecular flexibility index (Phi) is 6.33. The van der Waals surface area contributed by atoms with Gasteiger partial charge in [0.05, 0.1) is 5.69 Å². The second kappa shape index (κ2) is 9.72. The zero-order valence-corrected chi connectivity index (χ0v) is 20.0. The van der Waals surface area contributed by atoms with Gasteiger partial charge in [-0.1, -0.05) is 48.5 Å². The van der Waals surface area contributed by atoms with Crippen LogP contribution < -0.4 is 10.5 Å². The van der Waals surface area contributed by atoms with Gasteiger partial charge in [0.25, 0.3) is 5.91 Å². The van der Waals surface area contributed by atoms with E-state index in [4.69, 9.17) is 10.5 Å². The molecule has 178 valence electrons. The van der Waals surface area contributed by atoms with Crippen molar-refractivity contribution in [3.8, 4) is 22.6 Å². The molecular weight excluding hydrogens is 438 g/mol. The first-order chi connectivity index (χ1) is 16.9. The molecule has 2 heterocycles. The third-order valence-corrected chi connectivity index (χ3v) is 6.37. The molecule has 0 radical (unpaired) electrons. The maximum absolute atomic E-state index is 11.3. The van der Waals surface area contributed by atoms with Crippen molar-refractivity contribution in [3.05, 3.63) is 95.6 Å². The molecule has 1 fully saturated rings. The standard InChI is InChI=1S/C28H29N5O2/c1-19-30-28(27(29)34)31-33(19)24-11-5-21(6-12-24)17-20-3-7-22(8-4-20)23-9-13-25(14-10-23)35-26-15-16-32(2)18-26/h3-14,26H,15-18H2,1-2H3,(H2,29,34). The minimum Gasteiger partial charge on any atom is -0.489 e. The van der Waals surface area contributed by atoms with Crippen LogP contribution in [0.2, 0.25) is 0 Å². The molecule has 1 atom stereocenters. The fourth-order valence-electron chi connectivity index (χ4n) is 4.45. The van der Waals surface area contributed by atoms with E-state index < -0.39 is 5.91 Å². The van der Waals surface area contributed by atoms with Crippen LogP contribution in [0.4, 0.5) is 0 Å². The summed E-state index contributed by atoms with van der Waals surface area (Å²) in [6.07, 6.45) is 2.19. The highest BCUT2D eigenvalue weighted by atomic mass is 16.5. The molecule has 7 nitrogen and oxygen atoms in total. The Morgan fingerprint density at radius 2 is 1.57 bits per heavy atom. The molecule has 1 aliphatic rings. The maximum Gasteiger partial charge on any atom is 0.288 e. The molecule has 1 amide bonds. The van der Waals surface area contributed by atoms with Gasteiger partial charge in [0.15, 0.2) is 0 Å². The van der Waals surface area contributed by atoms with Crippen LogP contribution in [-0.4, -0.2) is 51.8 Å². The maximum atomic E-state index is 11.3. The number of nitrogens with two attached hydrogens (primary N) is 1. The number of carbonyl (C=O) groups excluding carboxylic acids is 1. The lowest BCUT2D eigenvalue weighted by atomic mass is 10.00. The molecule has 4 aromatic rings. The van der Waals surface area contributed by atoms with E-state index >= 15 is 0 Å². The van der Waals surface area contributed by atoms with Crippen molar-refractivity contribution >= 4 is 5.91 Å². The predicted octanol–water partition coefficient (Wildman–Crippen LogP) is 4.02. The van der Waals surface area contributed by atoms with Crippen molar-refractivity contribution in [3.63, 3.8) is 0 Å². The molecule has 35 heavy (non-hydrogen) atoms. The van der Waals surface area contributed by atoms with E-state index in [2.05, 4.69) is 82.7 Å². The number of carbonyl (C=O) groups is 1. The van der Waals surface area contributed by atoms with Gasteiger partial charge in [-0.05, 0) is 73.3 Å². The van der Waals surface area contributed by atoms with E-state index in [0.717, 1.165) is 37.4 Å². The van der Waals surface area contributed by atoms with Gasteiger partial charge in [-0.25, -0.2) is 9.67 Å². The Morgan fingerprint density at radius 3 is 2.11 bits per heavy atom. The highest BCUT2D eigenvalue weighted by Crippen LogP contribution is 2.25. The topological polar surface area (TPSA) is 86.3 Å². The number of benzene rings is 3. The normalized spacial score (nSPS) is 15.9. The third-order valence-electron chi connectivity index (χ3n) is 6.37. The fourth-order valence-corrected chi connectivity index (χ4v) is 4.45. The summed E-state index contributed by atoms with van der Waals surface area (Å²) in [6.45, 7) is 3.88. The van der Waals surface area contributed by atoms with E-state index in [1.54, 1.807) is 11.6 Å². The van der Waals surface area contributed by atoms with Crippen LogP contribution in [0.15, 0.2) is 72.8 Å². The van der Waals surface area contributed by atoms with E-state index in [1.807, 2.05) is 12.1 Å². The number of hydrogen-bond acceptors (Lipinski definition) is 5. The van der Waals surface area contributed by atoms with E-state index in [0.29, 0.717) is 5.82 Å². The first kappa shape index (κ1) is 22.8. The Morgan fingerprint density at radius 1 is 0.971 bits per heavy atom. The quantitative estimate of drug-likeness (QED) is 0.444. The third kappa shape index (κ3) is 5.25. The van der Waals surface area contributed by atoms with Gasteiger partial charge in [0.1, 0.15) is 17.7 Å². The summed E-state index contributed by atoms with van der Waals surface area (Å²) in [5, 5.41) is 4.19. The molecule has 0 spiro atoms. The van der Waals surface area contributed by atoms with Crippen molar-refractivity contribution in [2.24, 2.45) is 5.73 Å². The molecule has 1 aromatic heterocycles. The molecular formula is C28H29N5O2. The van der Waals surface area contributed by atoms with Crippen LogP contribution in [0.25, 0.3) is 16.8 Å². The molecule has 0 saturated carbocycles. The second-order valence-corrected chi connectivity index (χ2v) is 9.11. The van der Waals surface area contributed by atoms with E-state index in [9.17, 15) is 4.79 Å². The van der Waals surface area contributed by atoms with Gasteiger partial charge in [0.2, 0.25) is 5.82 Å². The van der Waals surface area contributed by atoms with Crippen LogP contribution >= 0.6 is 0 Å². The first-order valence-corrected chi connectivity index (χ1v) is 11.8. The summed E-state index contributed by atoms with van der Waals surface area (Å²) in [7, 11) is 2.13. The van der Waals surface area contributed by atoms with Crippen molar-refractivity contribution in [1.82, 2.24) is 19.7 Å². The average molecular weight is 468 g/mol. The smallest absolute Gasteiger partial charge is 0.288 e. The largest absolute Gasteiger partial charge is 0.489 e. The summed E-state index contributed by atoms with van der Waals surface area (Å²) in [5.74, 6) is 0.942. The van der Waals surface area contributed by atoms with Crippen molar-refractivity contribution in [1.29, 1.82) is 0 Å². The van der Waals surface area contributed by atoms with Gasteiger partial charge in [-0.2, -0.15) is 0 Å². The van der Waals surface area contributed by atoms with Crippen molar-refractivity contribution in [2.75, 3.05) is 20.1 Å². The Labute approximate surface area is 205 Å². The SMILES string of the molecule is Cc1nc(C(N)=O)nn1-c1ccc(Cc2ccc(-c3ccc(OC4CCN(C)C4)cc3)cc2)cc1. The van der Waals surface area contributed by atoms with Crippen LogP contribution in [0.5, 0.6) is 5.75 Å². The number of amides is 1. The summed E-state index contributed by atoms with van der Waals surface area (Å²) in [4.78, 5) is 17.7. The Balaban J connectivity index is 1.22. The average Bonchev–Trinajstić information content (AvgIpc) is 3.46. The van der Waals surface area contributed by atoms with Crippen molar-refractivity contribution < 1.29 is 9.53 Å². The lowest BCUT2D eigenvalue weighted by molar-refractivity contribution is 0.0990. The summed E-state index contributed by atoms with van der Waals surface area (Å²) in [6, 6.07) is 25.1. The number of aryl methyl sites for hydroxylation is 1. The molecule has 1 saturated heterocycles. The molecule has 5 rings (SSSR count). The van der Waals surface area contributed by atoms with Gasteiger partial charge in [-0.15, -0.1) is 5.10 Å². The summed E-state index contributed by atoms with van der Waals surface area (Å²) in [5.41, 5.74) is 10.9. The van der Waals surface area contributed by atoms with Gasteiger partial charge < -0.3 is 15.4 Å². The monoisotopic (exact) mass is 467 g/mol. The van der Waals surface area contributed by atoms with Crippen LogP contribution in [0, 0.1) is 6.92 Å². The van der Waals surface area contributed by atoms with Gasteiger partial charge >= 0.3 is 0 Å². The minimum atomic E-state index is -0.631. The van der Waals surface area contributed by atoms with Crippen LogP contribution in [0.3, 0.4) is 0 Å². The zero-order chi connectivity index (χ0) is 24.4. The van der Waals surface area contributed by atoms with Crippen LogP contribution in [-0.2, 0) is 6.42 Å². The molecule has 1 unspecified atom stereocenters. The molecule has 0 bridgehead atoms. The fraction of sp³-hybridized carbons (Fsp3) is 0.250. The number of aromatic nitrogens is 3. The Hall–Kier alpha value is -3.97. The first-order valence-electron chi connectivity index (χ1n) is 11.8. The van der Waals surface area contributed by atoms with Crippen LogP contribution in [0.1, 0.15) is 34.0 Å². The van der Waals surface area contributed by atoms with E-state index in [-0.39, 0.29) is 11.9 Å². The predicted molar refractivity (Wildman–Crippen MR) is 136 cm³/mol. The van der Waals surface area contributed by atoms with Gasteiger partial charge in [-0.3, -0.25) is 4.79 Å². The van der Waals surface area contributed by atoms with Gasteiger partial charge in [0, 0.05) is 13.1 Å². The molecule has 1 aliphatic heterocycles. The number of primary amides is 1. The number of nitrogens with zero attached hydrogens (tertiary/aromatic N) is 4. The summed E-state index contributed by atoms with van der Waals surface area (Å²) >= 11 is 0. The molecule has 7 heteroatoms. The number of rotatable bonds is 7. The second-order valence-electron chi connectivity index (χ2n) is 9.11. The van der Waals surface area contributed by atoms with E-state index in [1.165, 1.54) is 22.3 Å². The number of likely N-dealkylation sites (N-methyl/N-ethyl adjacent to an activating group) is 1. The molecule has 3 aromatic carbocycles. The lowest BCUT2D eigenvalue weighted by Crippen LogP contribution is -2.21. The Bertz CT molecular complexity index is 1310. The summed E-state index contributed by atoms with van der Waals surface area (Å²) < 4.78 is 7.73. The molecule has 2 N–H and O–H groups in total.